The van der Waals surface area contributed by atoms with Crippen molar-refractivity contribution in [1.29, 1.82) is 0 Å². The number of anilines is 1. The summed E-state index contributed by atoms with van der Waals surface area (Å²) in [6.45, 7) is 1.97. The summed E-state index contributed by atoms with van der Waals surface area (Å²) in [4.78, 5) is 23.9. The van der Waals surface area contributed by atoms with E-state index in [9.17, 15) is 9.59 Å². The molecular weight excluding hydrogens is 330 g/mol. The van der Waals surface area contributed by atoms with Gasteiger partial charge in [0.25, 0.3) is 0 Å². The van der Waals surface area contributed by atoms with Crippen molar-refractivity contribution in [3.8, 4) is 0 Å². The van der Waals surface area contributed by atoms with Crippen molar-refractivity contribution in [3.05, 3.63) is 64.1 Å². The van der Waals surface area contributed by atoms with Crippen LogP contribution in [0.5, 0.6) is 0 Å². The summed E-state index contributed by atoms with van der Waals surface area (Å²) in [7, 11) is 0. The second-order valence-corrected chi connectivity index (χ2v) is 5.67. The summed E-state index contributed by atoms with van der Waals surface area (Å²) < 4.78 is 0.822. The number of nitrogens with one attached hydrogen (secondary N) is 1. The van der Waals surface area contributed by atoms with E-state index in [1.165, 1.54) is 0 Å². The largest absolute Gasteiger partial charge is 0.325 e. The lowest BCUT2D eigenvalue weighted by molar-refractivity contribution is -0.116. The van der Waals surface area contributed by atoms with Crippen LogP contribution in [0.25, 0.3) is 0 Å². The van der Waals surface area contributed by atoms with Gasteiger partial charge in [0.05, 0.1) is 5.69 Å². The Morgan fingerprint density at radius 3 is 2.33 bits per heavy atom. The number of amides is 1. The number of hydrogen-bond acceptors (Lipinski definition) is 2. The highest BCUT2D eigenvalue weighted by Crippen LogP contribution is 2.21. The van der Waals surface area contributed by atoms with Crippen LogP contribution in [0.15, 0.2) is 53.0 Å². The summed E-state index contributed by atoms with van der Waals surface area (Å²) in [6.07, 6.45) is 0.382. The van der Waals surface area contributed by atoms with Crippen LogP contribution in [0, 0.1) is 6.92 Å². The van der Waals surface area contributed by atoms with Gasteiger partial charge in [0.15, 0.2) is 5.78 Å². The van der Waals surface area contributed by atoms with Gasteiger partial charge in [-0.3, -0.25) is 9.59 Å². The minimum absolute atomic E-state index is 0.0164. The lowest BCUT2D eigenvalue weighted by atomic mass is 10.0. The molecule has 21 heavy (non-hydrogen) atoms. The average Bonchev–Trinajstić information content (AvgIpc) is 2.48. The first kappa shape index (κ1) is 15.4. The van der Waals surface area contributed by atoms with E-state index < -0.39 is 0 Å². The van der Waals surface area contributed by atoms with Gasteiger partial charge in [-0.2, -0.15) is 0 Å². The fourth-order valence-electron chi connectivity index (χ4n) is 1.89. The Morgan fingerprint density at radius 2 is 1.67 bits per heavy atom. The smallest absolute Gasteiger partial charge is 0.224 e. The molecular formula is C17H16BrNO2. The molecule has 0 spiro atoms. The zero-order valence-electron chi connectivity index (χ0n) is 11.7. The summed E-state index contributed by atoms with van der Waals surface area (Å²) in [5.41, 5.74) is 2.47. The van der Waals surface area contributed by atoms with E-state index in [0.29, 0.717) is 11.3 Å². The number of rotatable bonds is 5. The van der Waals surface area contributed by atoms with Gasteiger partial charge in [-0.15, -0.1) is 0 Å². The number of aryl methyl sites for hydroxylation is 1. The molecule has 1 amide bonds. The highest BCUT2D eigenvalue weighted by atomic mass is 79.9. The molecule has 0 aliphatic rings. The standard InChI is InChI=1S/C17H16BrNO2/c1-12-6-8-13(9-7-12)16(20)10-11-17(21)19-15-5-3-2-4-14(15)18/h2-9H,10-11H2,1H3,(H,19,21). The Morgan fingerprint density at radius 1 is 1.00 bits per heavy atom. The van der Waals surface area contributed by atoms with Gasteiger partial charge in [-0.1, -0.05) is 42.0 Å². The summed E-state index contributed by atoms with van der Waals surface area (Å²) in [6, 6.07) is 14.8. The van der Waals surface area contributed by atoms with Crippen molar-refractivity contribution in [2.24, 2.45) is 0 Å². The molecule has 2 rings (SSSR count). The normalized spacial score (nSPS) is 10.2. The summed E-state index contributed by atoms with van der Waals surface area (Å²) in [5, 5.41) is 2.79. The number of hydrogen-bond donors (Lipinski definition) is 1. The summed E-state index contributed by atoms with van der Waals surface area (Å²) in [5.74, 6) is -0.181. The Kier molecular flexibility index (Phi) is 5.28. The van der Waals surface area contributed by atoms with Crippen LogP contribution in [-0.2, 0) is 4.79 Å². The van der Waals surface area contributed by atoms with Crippen molar-refractivity contribution in [3.63, 3.8) is 0 Å². The van der Waals surface area contributed by atoms with Crippen molar-refractivity contribution in [2.75, 3.05) is 5.32 Å². The minimum Gasteiger partial charge on any atom is -0.325 e. The molecule has 4 heteroatoms. The third-order valence-electron chi connectivity index (χ3n) is 3.10. The van der Waals surface area contributed by atoms with Crippen LogP contribution in [0.4, 0.5) is 5.69 Å². The monoisotopic (exact) mass is 345 g/mol. The maximum Gasteiger partial charge on any atom is 0.224 e. The van der Waals surface area contributed by atoms with Crippen LogP contribution in [0.2, 0.25) is 0 Å². The predicted molar refractivity (Wildman–Crippen MR) is 87.5 cm³/mol. The Hall–Kier alpha value is -1.94. The number of benzene rings is 2. The van der Waals surface area contributed by atoms with E-state index in [0.717, 1.165) is 10.0 Å². The van der Waals surface area contributed by atoms with Gasteiger partial charge in [-0.05, 0) is 35.0 Å². The first-order valence-electron chi connectivity index (χ1n) is 6.70. The molecule has 2 aromatic carbocycles. The lowest BCUT2D eigenvalue weighted by Crippen LogP contribution is -2.13. The van der Waals surface area contributed by atoms with Crippen molar-refractivity contribution in [1.82, 2.24) is 0 Å². The van der Waals surface area contributed by atoms with Crippen LogP contribution < -0.4 is 5.32 Å². The number of para-hydroxylation sites is 1. The molecule has 0 aromatic heterocycles. The molecule has 0 atom stereocenters. The van der Waals surface area contributed by atoms with Crippen LogP contribution in [0.1, 0.15) is 28.8 Å². The highest BCUT2D eigenvalue weighted by molar-refractivity contribution is 9.10. The van der Waals surface area contributed by atoms with Gasteiger partial charge in [-0.25, -0.2) is 0 Å². The number of halogens is 1. The molecule has 0 unspecified atom stereocenters. The molecule has 0 heterocycles. The van der Waals surface area contributed by atoms with Crippen molar-refractivity contribution in [2.45, 2.75) is 19.8 Å². The third-order valence-corrected chi connectivity index (χ3v) is 3.79. The second kappa shape index (κ2) is 7.18. The zero-order chi connectivity index (χ0) is 15.2. The van der Waals surface area contributed by atoms with Crippen LogP contribution >= 0.6 is 15.9 Å². The van der Waals surface area contributed by atoms with Crippen LogP contribution in [0.3, 0.4) is 0 Å². The molecule has 0 bridgehead atoms. The van der Waals surface area contributed by atoms with Gasteiger partial charge >= 0.3 is 0 Å². The van der Waals surface area contributed by atoms with Gasteiger partial charge in [0, 0.05) is 22.9 Å². The van der Waals surface area contributed by atoms with E-state index in [1.54, 1.807) is 12.1 Å². The molecule has 2 aromatic rings. The fourth-order valence-corrected chi connectivity index (χ4v) is 2.27. The Labute approximate surface area is 132 Å². The fraction of sp³-hybridized carbons (Fsp3) is 0.176. The van der Waals surface area contributed by atoms with E-state index >= 15 is 0 Å². The quantitative estimate of drug-likeness (QED) is 0.818. The SMILES string of the molecule is Cc1ccc(C(=O)CCC(=O)Nc2ccccc2Br)cc1. The van der Waals surface area contributed by atoms with E-state index in [-0.39, 0.29) is 24.5 Å². The molecule has 108 valence electrons. The van der Waals surface area contributed by atoms with Crippen molar-refractivity contribution >= 4 is 33.3 Å². The minimum atomic E-state index is -0.164. The number of Topliss-reactive ketones (excluding diaryl/α,β-unsaturated/α-hetero) is 1. The lowest BCUT2D eigenvalue weighted by Gasteiger charge is -2.07. The first-order chi connectivity index (χ1) is 10.1. The maximum absolute atomic E-state index is 12.0. The third kappa shape index (κ3) is 4.53. The second-order valence-electron chi connectivity index (χ2n) is 4.82. The Balaban J connectivity index is 1.88. The van der Waals surface area contributed by atoms with E-state index in [4.69, 9.17) is 0 Å². The highest BCUT2D eigenvalue weighted by Gasteiger charge is 2.10. The molecule has 0 fully saturated rings. The molecule has 0 aliphatic carbocycles. The summed E-state index contributed by atoms with van der Waals surface area (Å²) >= 11 is 3.37. The molecule has 1 N–H and O–H groups in total. The van der Waals surface area contributed by atoms with E-state index in [1.807, 2.05) is 43.3 Å². The number of carbonyl (C=O) groups excluding carboxylic acids is 2. The molecule has 0 aliphatic heterocycles. The van der Waals surface area contributed by atoms with Gasteiger partial charge in [0.1, 0.15) is 0 Å². The number of ketones is 1. The topological polar surface area (TPSA) is 46.2 Å². The molecule has 0 saturated carbocycles. The van der Waals surface area contributed by atoms with E-state index in [2.05, 4.69) is 21.2 Å². The maximum atomic E-state index is 12.0. The molecule has 3 nitrogen and oxygen atoms in total. The predicted octanol–water partition coefficient (Wildman–Crippen LogP) is 4.36. The molecule has 0 saturated heterocycles. The first-order valence-corrected chi connectivity index (χ1v) is 7.50. The molecule has 0 radical (unpaired) electrons. The van der Waals surface area contributed by atoms with Gasteiger partial charge < -0.3 is 5.32 Å². The van der Waals surface area contributed by atoms with Gasteiger partial charge in [0.2, 0.25) is 5.91 Å². The zero-order valence-corrected chi connectivity index (χ0v) is 13.3. The number of carbonyl (C=O) groups is 2. The van der Waals surface area contributed by atoms with Crippen molar-refractivity contribution < 1.29 is 9.59 Å². The average molecular weight is 346 g/mol. The Bertz CT molecular complexity index is 650. The van der Waals surface area contributed by atoms with Crippen LogP contribution in [-0.4, -0.2) is 11.7 Å².